The third-order valence-corrected chi connectivity index (χ3v) is 5.39. The Morgan fingerprint density at radius 1 is 1.05 bits per heavy atom. The number of benzene rings is 1. The van der Waals surface area contributed by atoms with E-state index in [0.29, 0.717) is 19.6 Å². The fourth-order valence-electron chi connectivity index (χ4n) is 2.55. The third kappa shape index (κ3) is 2.93. The van der Waals surface area contributed by atoms with Crippen LogP contribution in [0.2, 0.25) is 0 Å². The van der Waals surface area contributed by atoms with Crippen LogP contribution >= 0.6 is 0 Å². The molecule has 1 aromatic heterocycles. The van der Waals surface area contributed by atoms with Crippen LogP contribution in [0.3, 0.4) is 0 Å². The molecular formula is C14H18N4O2S. The van der Waals surface area contributed by atoms with E-state index in [1.807, 2.05) is 18.2 Å². The first-order chi connectivity index (χ1) is 10.2. The van der Waals surface area contributed by atoms with Crippen LogP contribution in [0.5, 0.6) is 0 Å². The van der Waals surface area contributed by atoms with Crippen molar-refractivity contribution in [3.63, 3.8) is 0 Å². The number of para-hydroxylation sites is 1. The van der Waals surface area contributed by atoms with E-state index in [0.717, 1.165) is 18.7 Å². The Morgan fingerprint density at radius 3 is 2.57 bits per heavy atom. The maximum Gasteiger partial charge on any atom is 0.276 e. The molecule has 1 aliphatic rings. The van der Waals surface area contributed by atoms with Crippen LogP contribution in [0.25, 0.3) is 0 Å². The largest absolute Gasteiger partial charge is 0.370 e. The molecule has 1 fully saturated rings. The molecule has 2 aromatic rings. The van der Waals surface area contributed by atoms with Gasteiger partial charge in [-0.05, 0) is 18.6 Å². The highest BCUT2D eigenvalue weighted by Crippen LogP contribution is 2.18. The number of hydrogen-bond donors (Lipinski definition) is 1. The molecule has 112 valence electrons. The summed E-state index contributed by atoms with van der Waals surface area (Å²) >= 11 is 0. The number of H-pyrrole nitrogens is 1. The smallest absolute Gasteiger partial charge is 0.276 e. The Hall–Kier alpha value is -1.86. The molecule has 6 nitrogen and oxygen atoms in total. The summed E-state index contributed by atoms with van der Waals surface area (Å²) in [5.74, 6) is 0. The van der Waals surface area contributed by atoms with E-state index in [9.17, 15) is 8.42 Å². The van der Waals surface area contributed by atoms with Gasteiger partial charge in [0.15, 0.2) is 0 Å². The average molecular weight is 306 g/mol. The van der Waals surface area contributed by atoms with Crippen molar-refractivity contribution >= 4 is 15.7 Å². The quantitative estimate of drug-likeness (QED) is 0.928. The summed E-state index contributed by atoms with van der Waals surface area (Å²) in [6, 6.07) is 10.1. The minimum Gasteiger partial charge on any atom is -0.370 e. The van der Waals surface area contributed by atoms with Crippen molar-refractivity contribution < 1.29 is 8.42 Å². The number of aromatic nitrogens is 2. The lowest BCUT2D eigenvalue weighted by molar-refractivity contribution is 0.428. The van der Waals surface area contributed by atoms with Gasteiger partial charge in [0.05, 0.1) is 0 Å². The zero-order chi connectivity index (χ0) is 14.7. The molecule has 0 amide bonds. The summed E-state index contributed by atoms with van der Waals surface area (Å²) < 4.78 is 26.4. The predicted octanol–water partition coefficient (Wildman–Crippen LogP) is 1.31. The predicted molar refractivity (Wildman–Crippen MR) is 80.6 cm³/mol. The van der Waals surface area contributed by atoms with Crippen LogP contribution in [0.15, 0.2) is 47.9 Å². The minimum atomic E-state index is -3.51. The van der Waals surface area contributed by atoms with Gasteiger partial charge in [0.25, 0.3) is 10.0 Å². The Balaban J connectivity index is 1.75. The molecule has 0 radical (unpaired) electrons. The number of nitrogens with zero attached hydrogens (tertiary/aromatic N) is 3. The highest BCUT2D eigenvalue weighted by Gasteiger charge is 2.28. The Kier molecular flexibility index (Phi) is 3.94. The van der Waals surface area contributed by atoms with Crippen LogP contribution in [0, 0.1) is 0 Å². The zero-order valence-electron chi connectivity index (χ0n) is 11.6. The van der Waals surface area contributed by atoms with E-state index in [1.54, 1.807) is 0 Å². The summed E-state index contributed by atoms with van der Waals surface area (Å²) in [4.78, 5) is 8.78. The first kappa shape index (κ1) is 14.1. The molecule has 1 N–H and O–H groups in total. The van der Waals surface area contributed by atoms with Gasteiger partial charge in [-0.3, -0.25) is 0 Å². The first-order valence-corrected chi connectivity index (χ1v) is 8.41. The Bertz CT molecular complexity index is 670. The standard InChI is InChI=1S/C14H18N4O2S/c19-21(20,14-15-7-8-16-14)18-10-4-9-17(11-12-18)13-5-2-1-3-6-13/h1-3,5-8H,4,9-12H2,(H,15,16). The molecule has 0 spiro atoms. The molecule has 1 aliphatic heterocycles. The van der Waals surface area contributed by atoms with E-state index in [1.165, 1.54) is 16.7 Å². The molecule has 21 heavy (non-hydrogen) atoms. The number of sulfonamides is 1. The first-order valence-electron chi connectivity index (χ1n) is 6.97. The summed E-state index contributed by atoms with van der Waals surface area (Å²) in [7, 11) is -3.51. The van der Waals surface area contributed by atoms with Gasteiger partial charge in [-0.15, -0.1) is 0 Å². The van der Waals surface area contributed by atoms with Gasteiger partial charge >= 0.3 is 0 Å². The number of rotatable bonds is 3. The molecule has 2 heterocycles. The van der Waals surface area contributed by atoms with Gasteiger partial charge in [-0.25, -0.2) is 13.4 Å². The van der Waals surface area contributed by atoms with Crippen LogP contribution in [-0.4, -0.2) is 48.9 Å². The molecule has 0 atom stereocenters. The van der Waals surface area contributed by atoms with Crippen molar-refractivity contribution in [2.24, 2.45) is 0 Å². The van der Waals surface area contributed by atoms with Gasteiger partial charge in [-0.2, -0.15) is 4.31 Å². The molecule has 3 rings (SSSR count). The van der Waals surface area contributed by atoms with Crippen LogP contribution in [0.4, 0.5) is 5.69 Å². The topological polar surface area (TPSA) is 69.3 Å². The van der Waals surface area contributed by atoms with Gasteiger partial charge in [0.2, 0.25) is 5.16 Å². The van der Waals surface area contributed by atoms with Crippen molar-refractivity contribution in [1.82, 2.24) is 14.3 Å². The molecule has 0 saturated carbocycles. The number of imidazole rings is 1. The van der Waals surface area contributed by atoms with E-state index < -0.39 is 10.0 Å². The number of nitrogens with one attached hydrogen (secondary N) is 1. The normalized spacial score (nSPS) is 17.6. The lowest BCUT2D eigenvalue weighted by atomic mass is 10.3. The molecule has 7 heteroatoms. The fourth-order valence-corrected chi connectivity index (χ4v) is 3.89. The Morgan fingerprint density at radius 2 is 1.86 bits per heavy atom. The van der Waals surface area contributed by atoms with Gasteiger partial charge in [-0.1, -0.05) is 18.2 Å². The fraction of sp³-hybridized carbons (Fsp3) is 0.357. The maximum atomic E-state index is 12.5. The second kappa shape index (κ2) is 5.87. The molecule has 0 aliphatic carbocycles. The monoisotopic (exact) mass is 306 g/mol. The van der Waals surface area contributed by atoms with E-state index in [2.05, 4.69) is 27.0 Å². The summed E-state index contributed by atoms with van der Waals surface area (Å²) in [6.07, 6.45) is 3.79. The molecular weight excluding hydrogens is 288 g/mol. The van der Waals surface area contributed by atoms with Crippen molar-refractivity contribution in [2.75, 3.05) is 31.1 Å². The van der Waals surface area contributed by atoms with Crippen molar-refractivity contribution in [3.05, 3.63) is 42.7 Å². The molecule has 0 unspecified atom stereocenters. The lowest BCUT2D eigenvalue weighted by Crippen LogP contribution is -2.35. The van der Waals surface area contributed by atoms with Gasteiger partial charge in [0, 0.05) is 44.3 Å². The molecule has 0 bridgehead atoms. The zero-order valence-corrected chi connectivity index (χ0v) is 12.5. The number of aromatic amines is 1. The van der Waals surface area contributed by atoms with Gasteiger partial charge in [0.1, 0.15) is 0 Å². The second-order valence-electron chi connectivity index (χ2n) is 4.97. The minimum absolute atomic E-state index is 0.0238. The summed E-state index contributed by atoms with van der Waals surface area (Å²) in [6.45, 7) is 2.53. The highest BCUT2D eigenvalue weighted by molar-refractivity contribution is 7.88. The van der Waals surface area contributed by atoms with Crippen molar-refractivity contribution in [1.29, 1.82) is 0 Å². The van der Waals surface area contributed by atoms with Crippen LogP contribution in [0.1, 0.15) is 6.42 Å². The summed E-state index contributed by atoms with van der Waals surface area (Å²) in [5.41, 5.74) is 1.13. The Labute approximate surface area is 124 Å². The second-order valence-corrected chi connectivity index (χ2v) is 6.83. The summed E-state index contributed by atoms with van der Waals surface area (Å²) in [5, 5.41) is 0.0238. The SMILES string of the molecule is O=S(=O)(c1ncc[nH]1)N1CCCN(c2ccccc2)CC1. The number of hydrogen-bond acceptors (Lipinski definition) is 4. The van der Waals surface area contributed by atoms with E-state index in [-0.39, 0.29) is 5.16 Å². The van der Waals surface area contributed by atoms with E-state index >= 15 is 0 Å². The number of anilines is 1. The van der Waals surface area contributed by atoms with Crippen molar-refractivity contribution in [3.8, 4) is 0 Å². The third-order valence-electron chi connectivity index (χ3n) is 3.63. The average Bonchev–Trinajstić information content (AvgIpc) is 2.93. The van der Waals surface area contributed by atoms with Crippen molar-refractivity contribution in [2.45, 2.75) is 11.6 Å². The van der Waals surface area contributed by atoms with E-state index in [4.69, 9.17) is 0 Å². The van der Waals surface area contributed by atoms with Gasteiger partial charge < -0.3 is 9.88 Å². The van der Waals surface area contributed by atoms with Crippen LogP contribution in [-0.2, 0) is 10.0 Å². The molecule has 1 saturated heterocycles. The van der Waals surface area contributed by atoms with Crippen LogP contribution < -0.4 is 4.90 Å². The highest BCUT2D eigenvalue weighted by atomic mass is 32.2. The lowest BCUT2D eigenvalue weighted by Gasteiger charge is -2.23. The maximum absolute atomic E-state index is 12.5. The molecule has 1 aromatic carbocycles.